The number of unbranched alkanes of at least 4 members (excludes halogenated alkanes) is 36. The van der Waals surface area contributed by atoms with Crippen LogP contribution in [-0.4, -0.2) is 99.6 Å². The molecule has 0 aromatic carbocycles. The van der Waals surface area contributed by atoms with Crippen molar-refractivity contribution < 1.29 is 49.3 Å². The maximum absolute atomic E-state index is 13.4. The van der Waals surface area contributed by atoms with Crippen molar-refractivity contribution in [2.75, 3.05) is 13.2 Å². The molecule has 1 saturated heterocycles. The minimum absolute atomic E-state index is 0.126. The lowest BCUT2D eigenvalue weighted by atomic mass is 9.99. The van der Waals surface area contributed by atoms with E-state index in [-0.39, 0.29) is 13.0 Å². The van der Waals surface area contributed by atoms with Gasteiger partial charge in [0.25, 0.3) is 0 Å². The van der Waals surface area contributed by atoms with Crippen molar-refractivity contribution in [3.8, 4) is 0 Å². The summed E-state index contributed by atoms with van der Waals surface area (Å²) in [6.45, 7) is 5.77. The van der Waals surface area contributed by atoms with Crippen LogP contribution >= 0.6 is 0 Å². The van der Waals surface area contributed by atoms with Crippen molar-refractivity contribution in [1.29, 1.82) is 0 Å². The zero-order chi connectivity index (χ0) is 54.7. The van der Waals surface area contributed by atoms with E-state index in [0.717, 1.165) is 64.2 Å². The molecule has 1 heterocycles. The van der Waals surface area contributed by atoms with Gasteiger partial charge in [-0.2, -0.15) is 0 Å². The van der Waals surface area contributed by atoms with E-state index < -0.39 is 67.4 Å². The van der Waals surface area contributed by atoms with Crippen LogP contribution in [0.15, 0.2) is 36.5 Å². The molecule has 0 aliphatic carbocycles. The Bertz CT molecular complexity index is 1360. The molecule has 0 spiro atoms. The summed E-state index contributed by atoms with van der Waals surface area (Å²) in [6, 6.07) is -1.02. The van der Waals surface area contributed by atoms with Crippen LogP contribution < -0.4 is 5.32 Å². The molecule has 0 bridgehead atoms. The average Bonchev–Trinajstić information content (AvgIpc) is 3.41. The quantitative estimate of drug-likeness (QED) is 0.0195. The van der Waals surface area contributed by atoms with Crippen molar-refractivity contribution >= 4 is 11.9 Å². The van der Waals surface area contributed by atoms with Gasteiger partial charge in [-0.3, -0.25) is 9.59 Å². The molecule has 0 saturated carbocycles. The highest BCUT2D eigenvalue weighted by Gasteiger charge is 2.47. The van der Waals surface area contributed by atoms with E-state index >= 15 is 0 Å². The van der Waals surface area contributed by atoms with E-state index in [9.17, 15) is 35.1 Å². The predicted molar refractivity (Wildman–Crippen MR) is 311 cm³/mol. The Morgan fingerprint density at radius 3 is 1.39 bits per heavy atom. The Morgan fingerprint density at radius 1 is 0.520 bits per heavy atom. The molecule has 1 amide bonds. The van der Waals surface area contributed by atoms with Gasteiger partial charge in [0.05, 0.1) is 25.4 Å². The molecule has 8 atom stereocenters. The highest BCUT2D eigenvalue weighted by atomic mass is 16.7. The molecule has 1 rings (SSSR count). The first-order valence-corrected chi connectivity index (χ1v) is 31.8. The third kappa shape index (κ3) is 40.7. The molecule has 1 aliphatic rings. The molecule has 440 valence electrons. The topological polar surface area (TPSA) is 175 Å². The van der Waals surface area contributed by atoms with Gasteiger partial charge in [-0.25, -0.2) is 0 Å². The van der Waals surface area contributed by atoms with Gasteiger partial charge in [0.15, 0.2) is 12.4 Å². The van der Waals surface area contributed by atoms with Crippen LogP contribution in [0.4, 0.5) is 0 Å². The normalized spacial score (nSPS) is 19.4. The van der Waals surface area contributed by atoms with Crippen molar-refractivity contribution in [3.05, 3.63) is 36.5 Å². The molecule has 75 heavy (non-hydrogen) atoms. The van der Waals surface area contributed by atoms with Gasteiger partial charge in [-0.05, 0) is 57.8 Å². The van der Waals surface area contributed by atoms with E-state index in [2.05, 4.69) is 50.4 Å². The fourth-order valence-corrected chi connectivity index (χ4v) is 9.98. The second-order valence-corrected chi connectivity index (χ2v) is 22.1. The summed E-state index contributed by atoms with van der Waals surface area (Å²) in [7, 11) is 0. The van der Waals surface area contributed by atoms with Gasteiger partial charge in [0.1, 0.15) is 24.4 Å². The third-order valence-corrected chi connectivity index (χ3v) is 15.0. The van der Waals surface area contributed by atoms with E-state index in [1.165, 1.54) is 186 Å². The van der Waals surface area contributed by atoms with Gasteiger partial charge in [0.2, 0.25) is 5.91 Å². The van der Waals surface area contributed by atoms with Gasteiger partial charge >= 0.3 is 5.97 Å². The second-order valence-electron chi connectivity index (χ2n) is 22.1. The molecule has 1 aliphatic heterocycles. The fraction of sp³-hybridized carbons (Fsp3) is 0.875. The number of aliphatic hydroxyl groups is 5. The standard InChI is InChI=1S/C64H119NO10/c1-4-7-10-13-16-19-22-24-25-26-27-28-29-30-31-32-33-35-37-40-43-46-49-52-59(69)75-62-61(71)60(70)58(53-66)74-64(62)73-54-55(56(67)50-47-44-41-39-36-34-23-20-17-14-11-8-5-2)65-63(72)57(68)51-48-45-42-38-21-18-15-12-9-6-3/h16,19,24-25,47,50,55-58,60-62,64,66-68,70-71H,4-15,17-18,20-23,26-46,48-49,51-54H2,1-3H3,(H,65,72)/b19-16-,25-24-,50-47+. The largest absolute Gasteiger partial charge is 0.454 e. The van der Waals surface area contributed by atoms with Gasteiger partial charge in [-0.1, -0.05) is 269 Å². The van der Waals surface area contributed by atoms with E-state index in [0.29, 0.717) is 19.3 Å². The number of carbonyl (C=O) groups is 2. The lowest BCUT2D eigenvalue weighted by Crippen LogP contribution is -2.61. The monoisotopic (exact) mass is 1060 g/mol. The molecule has 1 fully saturated rings. The Labute approximate surface area is 460 Å². The summed E-state index contributed by atoms with van der Waals surface area (Å²) in [5, 5.41) is 56.9. The van der Waals surface area contributed by atoms with Crippen LogP contribution in [0.25, 0.3) is 0 Å². The second kappa shape index (κ2) is 52.6. The minimum atomic E-state index is -1.61. The smallest absolute Gasteiger partial charge is 0.306 e. The Kier molecular flexibility index (Phi) is 49.7. The number of aliphatic hydroxyl groups excluding tert-OH is 5. The lowest BCUT2D eigenvalue weighted by Gasteiger charge is -2.41. The number of allylic oxidation sites excluding steroid dienone is 5. The van der Waals surface area contributed by atoms with Crippen LogP contribution in [0.3, 0.4) is 0 Å². The third-order valence-electron chi connectivity index (χ3n) is 15.0. The summed E-state index contributed by atoms with van der Waals surface area (Å²) < 4.78 is 17.6. The number of esters is 1. The summed E-state index contributed by atoms with van der Waals surface area (Å²) >= 11 is 0. The highest BCUT2D eigenvalue weighted by Crippen LogP contribution is 2.26. The van der Waals surface area contributed by atoms with E-state index in [4.69, 9.17) is 14.2 Å². The molecule has 8 unspecified atom stereocenters. The lowest BCUT2D eigenvalue weighted by molar-refractivity contribution is -0.305. The number of ether oxygens (including phenoxy) is 3. The van der Waals surface area contributed by atoms with E-state index in [1.54, 1.807) is 6.08 Å². The van der Waals surface area contributed by atoms with Crippen LogP contribution in [0.2, 0.25) is 0 Å². The van der Waals surface area contributed by atoms with Gasteiger partial charge < -0.3 is 45.1 Å². The molecule has 0 aromatic rings. The number of hydrogen-bond donors (Lipinski definition) is 6. The first-order valence-electron chi connectivity index (χ1n) is 31.8. The molecule has 11 heteroatoms. The van der Waals surface area contributed by atoms with Gasteiger partial charge in [-0.15, -0.1) is 0 Å². The number of rotatable bonds is 54. The maximum Gasteiger partial charge on any atom is 0.306 e. The first-order chi connectivity index (χ1) is 36.7. The van der Waals surface area contributed by atoms with Gasteiger partial charge in [0, 0.05) is 6.42 Å². The molecular formula is C64H119NO10. The SMILES string of the molecule is CCCCC/C=C\C/C=C\CCCCCCCCCCCCCCCC(=O)OC1C(OCC(NC(=O)C(O)CCCCCCCCCCCC)C(O)/C=C/CCCCCCCCCCCCC)OC(CO)C(O)C1O. The summed E-state index contributed by atoms with van der Waals surface area (Å²) in [5.41, 5.74) is 0. The van der Waals surface area contributed by atoms with Crippen molar-refractivity contribution in [1.82, 2.24) is 5.32 Å². The fourth-order valence-electron chi connectivity index (χ4n) is 9.98. The Hall–Kier alpha value is -2.12. The number of hydrogen-bond acceptors (Lipinski definition) is 10. The van der Waals surface area contributed by atoms with Crippen LogP contribution in [0, 0.1) is 0 Å². The summed E-state index contributed by atoms with van der Waals surface area (Å²) in [6.07, 6.45) is 51.9. The minimum Gasteiger partial charge on any atom is -0.454 e. The van der Waals surface area contributed by atoms with Crippen molar-refractivity contribution in [2.24, 2.45) is 0 Å². The first kappa shape index (κ1) is 70.9. The van der Waals surface area contributed by atoms with Crippen LogP contribution in [0.1, 0.15) is 297 Å². The number of nitrogens with one attached hydrogen (secondary N) is 1. The molecule has 11 nitrogen and oxygen atoms in total. The Balaban J connectivity index is 2.59. The maximum atomic E-state index is 13.4. The zero-order valence-electron chi connectivity index (χ0n) is 48.7. The van der Waals surface area contributed by atoms with Crippen LogP contribution in [0.5, 0.6) is 0 Å². The average molecular weight is 1060 g/mol. The van der Waals surface area contributed by atoms with Crippen molar-refractivity contribution in [3.63, 3.8) is 0 Å². The molecule has 0 aromatic heterocycles. The molecule has 6 N–H and O–H groups in total. The number of amides is 1. The highest BCUT2D eigenvalue weighted by molar-refractivity contribution is 5.80. The zero-order valence-corrected chi connectivity index (χ0v) is 48.7. The summed E-state index contributed by atoms with van der Waals surface area (Å²) in [5.74, 6) is -1.19. The molecule has 0 radical (unpaired) electrons. The molecular weight excluding hydrogens is 943 g/mol. The number of carbonyl (C=O) groups excluding carboxylic acids is 2. The van der Waals surface area contributed by atoms with Crippen molar-refractivity contribution in [2.45, 2.75) is 346 Å². The van der Waals surface area contributed by atoms with Crippen LogP contribution in [-0.2, 0) is 23.8 Å². The Morgan fingerprint density at radius 2 is 0.920 bits per heavy atom. The van der Waals surface area contributed by atoms with E-state index in [1.807, 2.05) is 6.08 Å². The summed E-state index contributed by atoms with van der Waals surface area (Å²) in [4.78, 5) is 26.5. The predicted octanol–water partition coefficient (Wildman–Crippen LogP) is 15.1.